The lowest BCUT2D eigenvalue weighted by Crippen LogP contribution is -2.59. The average molecular weight is 606 g/mol. The number of nitrogens with two attached hydrogens (primary N) is 1. The number of hydrogen-bond donors (Lipinski definition) is 3. The van der Waals surface area contributed by atoms with Crippen LogP contribution in [0.5, 0.6) is 5.75 Å². The number of nitrogens with zero attached hydrogens (tertiary/aromatic N) is 3. The highest BCUT2D eigenvalue weighted by molar-refractivity contribution is 7.91. The molecule has 1 spiro atoms. The fraction of sp³-hybridized carbons (Fsp3) is 0.552. The van der Waals surface area contributed by atoms with Gasteiger partial charge in [-0.15, -0.1) is 0 Å². The Morgan fingerprint density at radius 2 is 1.93 bits per heavy atom. The van der Waals surface area contributed by atoms with Crippen LogP contribution in [-0.4, -0.2) is 80.2 Å². The maximum atomic E-state index is 12.7. The third-order valence-corrected chi connectivity index (χ3v) is 10.1. The summed E-state index contributed by atoms with van der Waals surface area (Å²) in [5.41, 5.74) is 8.61. The van der Waals surface area contributed by atoms with Crippen LogP contribution >= 0.6 is 11.6 Å². The van der Waals surface area contributed by atoms with Crippen molar-refractivity contribution in [3.8, 4) is 17.1 Å². The van der Waals surface area contributed by atoms with Gasteiger partial charge in [0.25, 0.3) is 0 Å². The minimum atomic E-state index is -3.04. The Hall–Kier alpha value is -2.73. The fourth-order valence-electron chi connectivity index (χ4n) is 5.92. The molecule has 224 valence electrons. The minimum Gasteiger partial charge on any atom is -0.491 e. The number of sulfone groups is 1. The summed E-state index contributed by atoms with van der Waals surface area (Å²) in [6.45, 7) is 6.97. The van der Waals surface area contributed by atoms with Gasteiger partial charge in [-0.2, -0.15) is 0 Å². The van der Waals surface area contributed by atoms with Crippen LogP contribution < -0.4 is 20.7 Å². The Morgan fingerprint density at radius 3 is 2.49 bits per heavy atom. The fourth-order valence-corrected chi connectivity index (χ4v) is 7.22. The second kappa shape index (κ2) is 12.2. The molecule has 0 unspecified atom stereocenters. The number of carbonyl (C=O) groups is 1. The Kier molecular flexibility index (Phi) is 9.32. The number of nitrogens with one attached hydrogen (secondary N) is 1. The predicted octanol–water partition coefficient (Wildman–Crippen LogP) is 3.14. The summed E-state index contributed by atoms with van der Waals surface area (Å²) in [6.07, 6.45) is 3.66. The molecule has 1 aromatic carbocycles. The first-order valence-corrected chi connectivity index (χ1v) is 16.1. The lowest BCUT2D eigenvalue weighted by molar-refractivity contribution is -0.111. The van der Waals surface area contributed by atoms with Gasteiger partial charge >= 0.3 is 0 Å². The number of aromatic nitrogens is 2. The number of Topliss-reactive ketones (excluding diaryl/α,β-unsaturated/α-hetero) is 1. The molecule has 4 N–H and O–H groups in total. The van der Waals surface area contributed by atoms with Gasteiger partial charge < -0.3 is 25.8 Å². The first-order chi connectivity index (χ1) is 19.2. The molecule has 2 aliphatic rings. The highest BCUT2D eigenvalue weighted by atomic mass is 35.5. The summed E-state index contributed by atoms with van der Waals surface area (Å²) < 4.78 is 29.9. The third kappa shape index (κ3) is 6.85. The molecule has 12 heteroatoms. The summed E-state index contributed by atoms with van der Waals surface area (Å²) in [7, 11) is -1.29. The quantitative estimate of drug-likeness (QED) is 0.345. The first kappa shape index (κ1) is 31.2. The second-order valence-corrected chi connectivity index (χ2v) is 14.2. The van der Waals surface area contributed by atoms with E-state index in [1.165, 1.54) is 13.2 Å². The van der Waals surface area contributed by atoms with Gasteiger partial charge in [0.15, 0.2) is 11.6 Å². The van der Waals surface area contributed by atoms with Crippen LogP contribution in [0.25, 0.3) is 17.0 Å². The van der Waals surface area contributed by atoms with Crippen molar-refractivity contribution < 1.29 is 23.1 Å². The summed E-state index contributed by atoms with van der Waals surface area (Å²) in [4.78, 5) is 24.6. The summed E-state index contributed by atoms with van der Waals surface area (Å²) >= 11 is 6.63. The Bertz CT molecular complexity index is 1440. The normalized spacial score (nSPS) is 18.6. The van der Waals surface area contributed by atoms with Crippen LogP contribution in [0.3, 0.4) is 0 Å². The molecule has 1 aromatic heterocycles. The van der Waals surface area contributed by atoms with Gasteiger partial charge in [0, 0.05) is 48.1 Å². The van der Waals surface area contributed by atoms with E-state index in [4.69, 9.17) is 32.0 Å². The molecule has 2 fully saturated rings. The largest absolute Gasteiger partial charge is 0.491 e. The van der Waals surface area contributed by atoms with Crippen LogP contribution in [0.1, 0.15) is 50.8 Å². The zero-order chi connectivity index (χ0) is 30.1. The zero-order valence-corrected chi connectivity index (χ0v) is 25.9. The van der Waals surface area contributed by atoms with Gasteiger partial charge in [-0.25, -0.2) is 18.4 Å². The molecule has 0 bridgehead atoms. The van der Waals surface area contributed by atoms with E-state index in [2.05, 4.69) is 10.2 Å². The minimum absolute atomic E-state index is 0.0432. The molecule has 0 radical (unpaired) electrons. The number of allylic oxidation sites excluding steroid dienone is 2. The van der Waals surface area contributed by atoms with Crippen molar-refractivity contribution in [2.45, 2.75) is 57.8 Å². The maximum absolute atomic E-state index is 12.7. The van der Waals surface area contributed by atoms with Crippen LogP contribution in [0.2, 0.25) is 5.02 Å². The highest BCUT2D eigenvalue weighted by Gasteiger charge is 2.47. The summed E-state index contributed by atoms with van der Waals surface area (Å²) in [6, 6.07) is 5.13. The highest BCUT2D eigenvalue weighted by Crippen LogP contribution is 2.47. The van der Waals surface area contributed by atoms with E-state index in [9.17, 15) is 18.3 Å². The number of likely N-dealkylation sites (N-methyl/N-ethyl adjacent to an activating group) is 1. The maximum Gasteiger partial charge on any atom is 0.163 e. The Balaban J connectivity index is 1.70. The van der Waals surface area contributed by atoms with E-state index >= 15 is 0 Å². The number of anilines is 1. The average Bonchev–Trinajstić information content (AvgIpc) is 2.87. The predicted molar refractivity (Wildman–Crippen MR) is 162 cm³/mol. The molecule has 0 amide bonds. The number of ether oxygens (including phenoxy) is 1. The van der Waals surface area contributed by atoms with Crippen LogP contribution in [0.4, 0.5) is 5.82 Å². The molecule has 4 rings (SSSR count). The SMILES string of the molecule is CNC[C@@H](O)COc1ccc(Cl)c(-c2nc(C(C(C)=O)=C(C)N)c(C)c(N3CC4(CCC(S(C)(=O)=O)CC4)C3)n2)c1. The van der Waals surface area contributed by atoms with Crippen molar-refractivity contribution in [1.29, 1.82) is 0 Å². The number of ketones is 1. The van der Waals surface area contributed by atoms with Crippen LogP contribution in [0, 0.1) is 12.3 Å². The molecule has 41 heavy (non-hydrogen) atoms. The number of benzene rings is 1. The van der Waals surface area contributed by atoms with Gasteiger partial charge in [-0.05, 0) is 71.7 Å². The van der Waals surface area contributed by atoms with E-state index in [-0.39, 0.29) is 23.1 Å². The number of halogens is 1. The molecule has 2 aromatic rings. The topological polar surface area (TPSA) is 148 Å². The molecular weight excluding hydrogens is 566 g/mol. The van der Waals surface area contributed by atoms with Gasteiger partial charge in [0.1, 0.15) is 34.1 Å². The molecule has 2 heterocycles. The number of rotatable bonds is 10. The Morgan fingerprint density at radius 1 is 1.27 bits per heavy atom. The van der Waals surface area contributed by atoms with Crippen molar-refractivity contribution in [2.75, 3.05) is 44.4 Å². The third-order valence-electron chi connectivity index (χ3n) is 8.12. The summed E-state index contributed by atoms with van der Waals surface area (Å²) in [5.74, 6) is 1.31. The van der Waals surface area contributed by atoms with Gasteiger partial charge in [0.05, 0.1) is 21.5 Å². The molecule has 10 nitrogen and oxygen atoms in total. The molecule has 1 saturated carbocycles. The molecule has 1 aliphatic carbocycles. The number of aliphatic hydroxyl groups is 1. The summed E-state index contributed by atoms with van der Waals surface area (Å²) in [5, 5.41) is 13.1. The van der Waals surface area contributed by atoms with Crippen molar-refractivity contribution >= 4 is 38.6 Å². The van der Waals surface area contributed by atoms with Gasteiger partial charge in [0.2, 0.25) is 0 Å². The lowest BCUT2D eigenvalue weighted by Gasteiger charge is -2.54. The van der Waals surface area contributed by atoms with Gasteiger partial charge in [-0.3, -0.25) is 4.79 Å². The van der Waals surface area contributed by atoms with Crippen molar-refractivity contribution in [1.82, 2.24) is 15.3 Å². The second-order valence-electron chi connectivity index (χ2n) is 11.5. The van der Waals surface area contributed by atoms with Crippen molar-refractivity contribution in [3.63, 3.8) is 0 Å². The lowest BCUT2D eigenvalue weighted by atomic mass is 9.68. The van der Waals surface area contributed by atoms with E-state index in [1.54, 1.807) is 32.2 Å². The molecular formula is C29H40ClN5O5S. The van der Waals surface area contributed by atoms with Gasteiger partial charge in [-0.1, -0.05) is 11.6 Å². The van der Waals surface area contributed by atoms with Crippen molar-refractivity contribution in [3.05, 3.63) is 40.2 Å². The number of hydrogen-bond acceptors (Lipinski definition) is 10. The van der Waals surface area contributed by atoms with Crippen LogP contribution in [0.15, 0.2) is 23.9 Å². The molecule has 1 saturated heterocycles. The van der Waals surface area contributed by atoms with E-state index in [0.717, 1.165) is 31.5 Å². The van der Waals surface area contributed by atoms with E-state index in [0.29, 0.717) is 64.3 Å². The standard InChI is InChI=1S/C29H40ClN5O5S/c1-17-26(25(18(2)31)19(3)36)33-27(23-12-21(6-7-24(23)30)40-14-20(37)13-32-4)34-28(17)35-15-29(16-35)10-8-22(9-11-29)41(5,38)39/h6-7,12,20,22,32,37H,8-11,13-16,31H2,1-5H3/t20-/m1/s1. The van der Waals surface area contributed by atoms with E-state index in [1.807, 2.05) is 6.92 Å². The van der Waals surface area contributed by atoms with E-state index < -0.39 is 15.9 Å². The zero-order valence-electron chi connectivity index (χ0n) is 24.3. The number of carbonyl (C=O) groups excluding carboxylic acids is 1. The van der Waals surface area contributed by atoms with Crippen LogP contribution in [-0.2, 0) is 14.6 Å². The molecule has 1 atom stereocenters. The monoisotopic (exact) mass is 605 g/mol. The molecule has 1 aliphatic heterocycles. The smallest absolute Gasteiger partial charge is 0.163 e. The number of aliphatic hydroxyl groups excluding tert-OH is 1. The van der Waals surface area contributed by atoms with Crippen molar-refractivity contribution in [2.24, 2.45) is 11.1 Å². The Labute approximate surface area is 247 Å². The first-order valence-electron chi connectivity index (χ1n) is 13.8.